The Labute approximate surface area is 97.1 Å². The van der Waals surface area contributed by atoms with Crippen LogP contribution in [0.1, 0.15) is 6.92 Å². The lowest BCUT2D eigenvalue weighted by Crippen LogP contribution is -2.24. The van der Waals surface area contributed by atoms with Gasteiger partial charge >= 0.3 is 0 Å². The molecule has 6 nitrogen and oxygen atoms in total. The topological polar surface area (TPSA) is 87.8 Å². The highest BCUT2D eigenvalue weighted by Crippen LogP contribution is 1.98. The third-order valence-electron chi connectivity index (χ3n) is 1.72. The predicted molar refractivity (Wildman–Crippen MR) is 60.7 cm³/mol. The number of sulfonamides is 1. The maximum absolute atomic E-state index is 10.7. The molecular formula is C9H21NO5S. The van der Waals surface area contributed by atoms with Crippen LogP contribution in [0.15, 0.2) is 0 Å². The zero-order valence-corrected chi connectivity index (χ0v) is 10.7. The smallest absolute Gasteiger partial charge is 0.209 e. The van der Waals surface area contributed by atoms with Crippen LogP contribution in [-0.4, -0.2) is 54.3 Å². The van der Waals surface area contributed by atoms with Crippen LogP contribution >= 0.6 is 0 Å². The Kier molecular flexibility index (Phi) is 8.77. The van der Waals surface area contributed by atoms with Crippen molar-refractivity contribution in [3.63, 3.8) is 0 Å². The van der Waals surface area contributed by atoms with E-state index in [4.69, 9.17) is 19.3 Å². The van der Waals surface area contributed by atoms with E-state index in [0.29, 0.717) is 33.0 Å². The summed E-state index contributed by atoms with van der Waals surface area (Å²) in [5, 5.41) is 4.90. The van der Waals surface area contributed by atoms with E-state index in [1.807, 2.05) is 0 Å². The van der Waals surface area contributed by atoms with Crippen LogP contribution in [0.2, 0.25) is 0 Å². The van der Waals surface area contributed by atoms with Gasteiger partial charge in [-0.3, -0.25) is 0 Å². The Morgan fingerprint density at radius 1 is 1.12 bits per heavy atom. The van der Waals surface area contributed by atoms with Gasteiger partial charge in [-0.15, -0.1) is 0 Å². The molecule has 98 valence electrons. The molecule has 0 aliphatic heterocycles. The summed E-state index contributed by atoms with van der Waals surface area (Å²) < 4.78 is 36.7. The van der Waals surface area contributed by atoms with Gasteiger partial charge in [0.25, 0.3) is 0 Å². The standard InChI is InChI=1S/C9H21NO5S/c1-9(8-16(10,11)12)7-15-6-5-14-4-3-13-2/h9H,3-8H2,1-2H3,(H2,10,11,12). The highest BCUT2D eigenvalue weighted by molar-refractivity contribution is 7.89. The summed E-state index contributed by atoms with van der Waals surface area (Å²) >= 11 is 0. The van der Waals surface area contributed by atoms with Gasteiger partial charge in [-0.05, 0) is 5.92 Å². The fraction of sp³-hybridized carbons (Fsp3) is 1.00. The highest BCUT2D eigenvalue weighted by Gasteiger charge is 2.10. The number of primary sulfonamides is 1. The van der Waals surface area contributed by atoms with Crippen molar-refractivity contribution in [3.05, 3.63) is 0 Å². The first-order valence-corrected chi connectivity index (χ1v) is 6.82. The van der Waals surface area contributed by atoms with Crippen molar-refractivity contribution in [1.82, 2.24) is 0 Å². The molecule has 0 aromatic rings. The largest absolute Gasteiger partial charge is 0.382 e. The fourth-order valence-corrected chi connectivity index (χ4v) is 1.98. The van der Waals surface area contributed by atoms with E-state index in [9.17, 15) is 8.42 Å². The van der Waals surface area contributed by atoms with Gasteiger partial charge < -0.3 is 14.2 Å². The minimum absolute atomic E-state index is 0.0580. The molecule has 0 saturated heterocycles. The molecule has 0 aromatic heterocycles. The fourth-order valence-electron chi connectivity index (χ4n) is 1.09. The third kappa shape index (κ3) is 11.9. The molecular weight excluding hydrogens is 234 g/mol. The van der Waals surface area contributed by atoms with Crippen LogP contribution in [0, 0.1) is 5.92 Å². The molecule has 1 atom stereocenters. The molecule has 0 saturated carbocycles. The Bertz CT molecular complexity index is 255. The summed E-state index contributed by atoms with van der Waals surface area (Å²) in [7, 11) is -1.80. The van der Waals surface area contributed by atoms with Crippen LogP contribution in [0.5, 0.6) is 0 Å². The minimum Gasteiger partial charge on any atom is -0.382 e. The van der Waals surface area contributed by atoms with Gasteiger partial charge in [0.05, 0.1) is 38.8 Å². The normalized spacial score (nSPS) is 13.9. The Hall–Kier alpha value is -0.210. The summed E-state index contributed by atoms with van der Waals surface area (Å²) in [5.74, 6) is -0.161. The molecule has 0 amide bonds. The second-order valence-corrected chi connectivity index (χ2v) is 5.27. The van der Waals surface area contributed by atoms with Crippen molar-refractivity contribution in [2.45, 2.75) is 6.92 Å². The molecule has 16 heavy (non-hydrogen) atoms. The average molecular weight is 255 g/mol. The zero-order valence-electron chi connectivity index (χ0n) is 9.85. The Morgan fingerprint density at radius 3 is 2.25 bits per heavy atom. The summed E-state index contributed by atoms with van der Waals surface area (Å²) in [6.45, 7) is 4.15. The number of hydrogen-bond donors (Lipinski definition) is 1. The average Bonchev–Trinajstić information content (AvgIpc) is 2.13. The van der Waals surface area contributed by atoms with Gasteiger partial charge in [-0.1, -0.05) is 6.92 Å². The quantitative estimate of drug-likeness (QED) is 0.536. The van der Waals surface area contributed by atoms with E-state index < -0.39 is 10.0 Å². The molecule has 1 unspecified atom stereocenters. The monoisotopic (exact) mass is 255 g/mol. The first-order chi connectivity index (χ1) is 7.45. The first-order valence-electron chi connectivity index (χ1n) is 5.10. The minimum atomic E-state index is -3.41. The number of ether oxygens (including phenoxy) is 3. The number of hydrogen-bond acceptors (Lipinski definition) is 5. The molecule has 0 heterocycles. The molecule has 0 aliphatic rings. The summed E-state index contributed by atoms with van der Waals surface area (Å²) in [6.07, 6.45) is 0. The van der Waals surface area contributed by atoms with Gasteiger partial charge in [0, 0.05) is 7.11 Å². The molecule has 0 rings (SSSR count). The first kappa shape index (κ1) is 15.8. The van der Waals surface area contributed by atoms with Gasteiger partial charge in [-0.25, -0.2) is 13.6 Å². The van der Waals surface area contributed by atoms with Gasteiger partial charge in [0.15, 0.2) is 0 Å². The van der Waals surface area contributed by atoms with Crippen LogP contribution in [-0.2, 0) is 24.2 Å². The molecule has 2 N–H and O–H groups in total. The van der Waals surface area contributed by atoms with E-state index in [1.165, 1.54) is 0 Å². The van der Waals surface area contributed by atoms with E-state index >= 15 is 0 Å². The van der Waals surface area contributed by atoms with Crippen LogP contribution < -0.4 is 5.14 Å². The van der Waals surface area contributed by atoms with Crippen molar-refractivity contribution in [3.8, 4) is 0 Å². The lowest BCUT2D eigenvalue weighted by atomic mass is 10.2. The molecule has 0 radical (unpaired) electrons. The second kappa shape index (κ2) is 8.89. The van der Waals surface area contributed by atoms with Gasteiger partial charge in [0.1, 0.15) is 0 Å². The Balaban J connectivity index is 3.31. The summed E-state index contributed by atoms with van der Waals surface area (Å²) in [5.41, 5.74) is 0. The van der Waals surface area contributed by atoms with E-state index in [-0.39, 0.29) is 11.7 Å². The summed E-state index contributed by atoms with van der Waals surface area (Å²) in [6, 6.07) is 0. The van der Waals surface area contributed by atoms with Crippen LogP contribution in [0.25, 0.3) is 0 Å². The number of nitrogens with two attached hydrogens (primary N) is 1. The van der Waals surface area contributed by atoms with Gasteiger partial charge in [0.2, 0.25) is 10.0 Å². The van der Waals surface area contributed by atoms with Crippen molar-refractivity contribution in [2.24, 2.45) is 11.1 Å². The lowest BCUT2D eigenvalue weighted by molar-refractivity contribution is 0.0187. The lowest BCUT2D eigenvalue weighted by Gasteiger charge is -2.10. The molecule has 0 fully saturated rings. The highest BCUT2D eigenvalue weighted by atomic mass is 32.2. The third-order valence-corrected chi connectivity index (χ3v) is 2.76. The second-order valence-electron chi connectivity index (χ2n) is 3.61. The van der Waals surface area contributed by atoms with Gasteiger partial charge in [-0.2, -0.15) is 0 Å². The predicted octanol–water partition coefficient (Wildman–Crippen LogP) is -0.409. The van der Waals surface area contributed by atoms with E-state index in [0.717, 1.165) is 0 Å². The molecule has 0 aromatic carbocycles. The molecule has 0 bridgehead atoms. The SMILES string of the molecule is COCCOCCOCC(C)CS(N)(=O)=O. The zero-order chi connectivity index (χ0) is 12.4. The molecule has 7 heteroatoms. The number of methoxy groups -OCH3 is 1. The maximum Gasteiger partial charge on any atom is 0.209 e. The Morgan fingerprint density at radius 2 is 1.69 bits per heavy atom. The van der Waals surface area contributed by atoms with Crippen molar-refractivity contribution in [1.29, 1.82) is 0 Å². The van der Waals surface area contributed by atoms with E-state index in [2.05, 4.69) is 0 Å². The molecule has 0 aliphatic carbocycles. The summed E-state index contributed by atoms with van der Waals surface area (Å²) in [4.78, 5) is 0. The van der Waals surface area contributed by atoms with Crippen molar-refractivity contribution in [2.75, 3.05) is 45.9 Å². The van der Waals surface area contributed by atoms with E-state index in [1.54, 1.807) is 14.0 Å². The molecule has 0 spiro atoms. The van der Waals surface area contributed by atoms with Crippen molar-refractivity contribution < 1.29 is 22.6 Å². The van der Waals surface area contributed by atoms with Crippen LogP contribution in [0.4, 0.5) is 0 Å². The maximum atomic E-state index is 10.7. The van der Waals surface area contributed by atoms with Crippen LogP contribution in [0.3, 0.4) is 0 Å². The number of rotatable bonds is 10. The van der Waals surface area contributed by atoms with Crippen molar-refractivity contribution >= 4 is 10.0 Å².